The summed E-state index contributed by atoms with van der Waals surface area (Å²) in [4.78, 5) is 4.45. The summed E-state index contributed by atoms with van der Waals surface area (Å²) >= 11 is 10.6. The molecule has 2 aromatic heterocycles. The van der Waals surface area contributed by atoms with Gasteiger partial charge in [0.2, 0.25) is 0 Å². The van der Waals surface area contributed by atoms with Gasteiger partial charge in [0.05, 0.1) is 27.6 Å². The van der Waals surface area contributed by atoms with Crippen molar-refractivity contribution in [2.24, 2.45) is 12.9 Å². The van der Waals surface area contributed by atoms with Crippen molar-refractivity contribution in [3.8, 4) is 0 Å². The van der Waals surface area contributed by atoms with Crippen LogP contribution in [0.3, 0.4) is 0 Å². The van der Waals surface area contributed by atoms with Gasteiger partial charge in [0.1, 0.15) is 0 Å². The lowest BCUT2D eigenvalue weighted by atomic mass is 10.1. The van der Waals surface area contributed by atoms with Gasteiger partial charge in [-0.15, -0.1) is 0 Å². The number of nitrogens with zero attached hydrogens (tertiary/aromatic N) is 3. The third-order valence-electron chi connectivity index (χ3n) is 3.27. The van der Waals surface area contributed by atoms with Crippen LogP contribution in [-0.4, -0.2) is 14.8 Å². The van der Waals surface area contributed by atoms with Crippen LogP contribution >= 0.6 is 47.8 Å². The Balaban J connectivity index is 2.33. The van der Waals surface area contributed by atoms with Gasteiger partial charge in [0.25, 0.3) is 0 Å². The van der Waals surface area contributed by atoms with Crippen molar-refractivity contribution in [1.82, 2.24) is 20.2 Å². The van der Waals surface area contributed by atoms with Crippen LogP contribution < -0.4 is 11.3 Å². The average molecular weight is 482 g/mol. The topological polar surface area (TPSA) is 68.8 Å². The molecular weight excluding hydrogens is 466 g/mol. The lowest BCUT2D eigenvalue weighted by molar-refractivity contribution is 0.515. The van der Waals surface area contributed by atoms with Crippen LogP contribution in [0.2, 0.25) is 0 Å². The molecule has 1 unspecified atom stereocenters. The highest BCUT2D eigenvalue weighted by Gasteiger charge is 2.21. The van der Waals surface area contributed by atoms with Crippen molar-refractivity contribution in [3.05, 3.63) is 42.8 Å². The summed E-state index contributed by atoms with van der Waals surface area (Å²) in [6.07, 6.45) is 3.34. The van der Waals surface area contributed by atoms with E-state index in [4.69, 9.17) is 5.84 Å². The van der Waals surface area contributed by atoms with Crippen molar-refractivity contribution < 1.29 is 0 Å². The Labute approximate surface area is 149 Å². The lowest BCUT2D eigenvalue weighted by Gasteiger charge is -2.17. The van der Waals surface area contributed by atoms with Gasteiger partial charge >= 0.3 is 0 Å². The van der Waals surface area contributed by atoms with Crippen LogP contribution in [0.15, 0.2) is 25.7 Å². The van der Waals surface area contributed by atoms with Crippen molar-refractivity contribution >= 4 is 47.8 Å². The Morgan fingerprint density at radius 1 is 1.38 bits per heavy atom. The molecule has 0 aliphatic carbocycles. The Kier molecular flexibility index (Phi) is 5.96. The van der Waals surface area contributed by atoms with E-state index in [-0.39, 0.29) is 6.04 Å². The van der Waals surface area contributed by atoms with Gasteiger partial charge in [-0.2, -0.15) is 5.10 Å². The maximum absolute atomic E-state index is 5.73. The van der Waals surface area contributed by atoms with E-state index in [2.05, 4.69) is 70.2 Å². The van der Waals surface area contributed by atoms with E-state index in [1.807, 2.05) is 17.8 Å². The number of nitrogens with one attached hydrogen (secondary N) is 1. The molecule has 0 aromatic carbocycles. The van der Waals surface area contributed by atoms with E-state index in [0.717, 1.165) is 36.9 Å². The van der Waals surface area contributed by atoms with Gasteiger partial charge < -0.3 is 0 Å². The van der Waals surface area contributed by atoms with Gasteiger partial charge in [-0.1, -0.05) is 6.92 Å². The molecule has 2 aromatic rings. The average Bonchev–Trinajstić information content (AvgIpc) is 2.72. The first-order chi connectivity index (χ1) is 9.97. The molecule has 21 heavy (non-hydrogen) atoms. The number of aromatic nitrogens is 3. The molecule has 8 heteroatoms. The van der Waals surface area contributed by atoms with E-state index in [1.54, 1.807) is 6.20 Å². The molecule has 114 valence electrons. The second-order valence-corrected chi connectivity index (χ2v) is 7.19. The fraction of sp³-hybridized carbons (Fsp3) is 0.385. The summed E-state index contributed by atoms with van der Waals surface area (Å²) in [6, 6.07) is 1.85. The van der Waals surface area contributed by atoms with Crippen molar-refractivity contribution in [1.29, 1.82) is 0 Å². The first kappa shape index (κ1) is 17.1. The fourth-order valence-corrected chi connectivity index (χ4v) is 4.19. The minimum Gasteiger partial charge on any atom is -0.271 e. The Morgan fingerprint density at radius 3 is 2.62 bits per heavy atom. The lowest BCUT2D eigenvalue weighted by Crippen LogP contribution is -2.31. The second-order valence-electron chi connectivity index (χ2n) is 4.63. The summed E-state index contributed by atoms with van der Waals surface area (Å²) in [5, 5.41) is 4.51. The number of hydrogen-bond acceptors (Lipinski definition) is 4. The van der Waals surface area contributed by atoms with E-state index in [0.29, 0.717) is 6.42 Å². The maximum Gasteiger partial charge on any atom is 0.0766 e. The molecule has 0 amide bonds. The van der Waals surface area contributed by atoms with Gasteiger partial charge in [-0.3, -0.25) is 20.9 Å². The third kappa shape index (κ3) is 3.73. The van der Waals surface area contributed by atoms with Crippen LogP contribution in [0.1, 0.15) is 30.0 Å². The third-order valence-corrected chi connectivity index (χ3v) is 5.25. The first-order valence-electron chi connectivity index (χ1n) is 6.45. The number of rotatable bonds is 5. The standard InChI is InChI=1S/C13H16Br3N5/c1-3-9-12(16)11(21(2)20-9)5-10(19-17)13-8(15)4-7(14)6-18-13/h4,6,10,19H,3,5,17H2,1-2H3. The zero-order chi connectivity index (χ0) is 15.6. The smallest absolute Gasteiger partial charge is 0.0766 e. The van der Waals surface area contributed by atoms with Crippen LogP contribution in [0.4, 0.5) is 0 Å². The molecule has 0 bridgehead atoms. The quantitative estimate of drug-likeness (QED) is 0.507. The summed E-state index contributed by atoms with van der Waals surface area (Å²) in [7, 11) is 1.94. The second kappa shape index (κ2) is 7.32. The van der Waals surface area contributed by atoms with Crippen molar-refractivity contribution in [2.45, 2.75) is 25.8 Å². The summed E-state index contributed by atoms with van der Waals surface area (Å²) in [5.41, 5.74) is 5.84. The molecular formula is C13H16Br3N5. The zero-order valence-corrected chi connectivity index (χ0v) is 16.5. The Morgan fingerprint density at radius 2 is 2.10 bits per heavy atom. The monoisotopic (exact) mass is 479 g/mol. The molecule has 3 N–H and O–H groups in total. The SMILES string of the molecule is CCc1nn(C)c(CC(NN)c2ncc(Br)cc2Br)c1Br. The largest absolute Gasteiger partial charge is 0.271 e. The van der Waals surface area contributed by atoms with E-state index < -0.39 is 0 Å². The van der Waals surface area contributed by atoms with Crippen LogP contribution in [0, 0.1) is 0 Å². The first-order valence-corrected chi connectivity index (χ1v) is 8.83. The Bertz CT molecular complexity index is 641. The summed E-state index contributed by atoms with van der Waals surface area (Å²) in [5.74, 6) is 5.73. The highest BCUT2D eigenvalue weighted by atomic mass is 79.9. The van der Waals surface area contributed by atoms with Gasteiger partial charge in [-0.05, 0) is 60.3 Å². The highest BCUT2D eigenvalue weighted by Crippen LogP contribution is 2.29. The minimum atomic E-state index is -0.108. The Hall–Kier alpha value is -0.280. The number of pyridine rings is 1. The van der Waals surface area contributed by atoms with Crippen molar-refractivity contribution in [3.63, 3.8) is 0 Å². The predicted octanol–water partition coefficient (Wildman–Crippen LogP) is 3.41. The van der Waals surface area contributed by atoms with Crippen LogP contribution in [0.5, 0.6) is 0 Å². The highest BCUT2D eigenvalue weighted by molar-refractivity contribution is 9.11. The van der Waals surface area contributed by atoms with Crippen LogP contribution in [0.25, 0.3) is 0 Å². The zero-order valence-electron chi connectivity index (χ0n) is 11.7. The molecule has 0 saturated carbocycles. The summed E-state index contributed by atoms with van der Waals surface area (Å²) in [6.45, 7) is 2.09. The van der Waals surface area contributed by atoms with Gasteiger partial charge in [0, 0.05) is 28.6 Å². The molecule has 0 saturated heterocycles. The molecule has 2 heterocycles. The van der Waals surface area contributed by atoms with Crippen LogP contribution in [-0.2, 0) is 19.9 Å². The fourth-order valence-electron chi connectivity index (χ4n) is 2.15. The predicted molar refractivity (Wildman–Crippen MR) is 93.7 cm³/mol. The molecule has 2 rings (SSSR count). The number of hydrazine groups is 1. The normalized spacial score (nSPS) is 12.7. The van der Waals surface area contributed by atoms with E-state index in [9.17, 15) is 0 Å². The minimum absolute atomic E-state index is 0.108. The number of hydrogen-bond donors (Lipinski definition) is 2. The van der Waals surface area contributed by atoms with E-state index >= 15 is 0 Å². The number of halogens is 3. The molecule has 5 nitrogen and oxygen atoms in total. The van der Waals surface area contributed by atoms with E-state index in [1.165, 1.54) is 0 Å². The molecule has 0 aliphatic rings. The van der Waals surface area contributed by atoms with Gasteiger partial charge in [0.15, 0.2) is 0 Å². The number of nitrogens with two attached hydrogens (primary N) is 1. The molecule has 0 aliphatic heterocycles. The van der Waals surface area contributed by atoms with Crippen molar-refractivity contribution in [2.75, 3.05) is 0 Å². The molecule has 1 atom stereocenters. The molecule has 0 fully saturated rings. The number of aryl methyl sites for hydroxylation is 2. The van der Waals surface area contributed by atoms with Gasteiger partial charge in [-0.25, -0.2) is 0 Å². The molecule has 0 spiro atoms. The maximum atomic E-state index is 5.73. The molecule has 0 radical (unpaired) electrons. The summed E-state index contributed by atoms with van der Waals surface area (Å²) < 4.78 is 4.76.